The average molecular weight is 292 g/mol. The van der Waals surface area contributed by atoms with Crippen molar-refractivity contribution in [3.8, 4) is 16.2 Å². The van der Waals surface area contributed by atoms with Gasteiger partial charge in [-0.15, -0.1) is 11.3 Å². The van der Waals surface area contributed by atoms with Gasteiger partial charge >= 0.3 is 5.97 Å². The molecule has 0 unspecified atom stereocenters. The second-order valence-corrected chi connectivity index (χ2v) is 4.88. The largest absolute Gasteiger partial charge is 0.468 e. The highest BCUT2D eigenvalue weighted by molar-refractivity contribution is 7.14. The van der Waals surface area contributed by atoms with E-state index in [2.05, 4.69) is 0 Å². The van der Waals surface area contributed by atoms with Gasteiger partial charge in [0.2, 0.25) is 0 Å². The Morgan fingerprint density at radius 3 is 2.60 bits per heavy atom. The van der Waals surface area contributed by atoms with E-state index in [9.17, 15) is 4.79 Å². The number of carbonyl (C=O) groups excluding carboxylic acids is 1. The van der Waals surface area contributed by atoms with Crippen molar-refractivity contribution >= 4 is 17.3 Å². The summed E-state index contributed by atoms with van der Waals surface area (Å²) in [5.41, 5.74) is 1.57. The van der Waals surface area contributed by atoms with Crippen LogP contribution in [0.15, 0.2) is 35.7 Å². The number of carbonyl (C=O) groups is 1. The minimum absolute atomic E-state index is 0.215. The SMILES string of the molecule is CCOC(=O)c1ccsc1-c1ccc(OCOC)cc1. The fourth-order valence-electron chi connectivity index (χ4n) is 1.73. The minimum Gasteiger partial charge on any atom is -0.468 e. The van der Waals surface area contributed by atoms with Crippen molar-refractivity contribution in [3.05, 3.63) is 41.3 Å². The highest BCUT2D eigenvalue weighted by Crippen LogP contribution is 2.31. The zero-order chi connectivity index (χ0) is 14.4. The van der Waals surface area contributed by atoms with Gasteiger partial charge in [-0.25, -0.2) is 4.79 Å². The van der Waals surface area contributed by atoms with Gasteiger partial charge in [0.25, 0.3) is 0 Å². The maximum absolute atomic E-state index is 11.9. The van der Waals surface area contributed by atoms with E-state index in [0.717, 1.165) is 16.2 Å². The van der Waals surface area contributed by atoms with E-state index in [1.165, 1.54) is 11.3 Å². The molecule has 1 aromatic carbocycles. The Morgan fingerprint density at radius 2 is 1.95 bits per heavy atom. The van der Waals surface area contributed by atoms with Crippen molar-refractivity contribution in [1.29, 1.82) is 0 Å². The molecule has 2 rings (SSSR count). The summed E-state index contributed by atoms with van der Waals surface area (Å²) < 4.78 is 15.2. The van der Waals surface area contributed by atoms with Crippen molar-refractivity contribution in [3.63, 3.8) is 0 Å². The van der Waals surface area contributed by atoms with Gasteiger partial charge in [0.1, 0.15) is 5.75 Å². The molecule has 0 aliphatic heterocycles. The molecule has 0 saturated heterocycles. The predicted octanol–water partition coefficient (Wildman–Crippen LogP) is 3.57. The van der Waals surface area contributed by atoms with Crippen LogP contribution in [0.5, 0.6) is 5.75 Å². The molecular weight excluding hydrogens is 276 g/mol. The molecule has 0 N–H and O–H groups in total. The molecule has 4 nitrogen and oxygen atoms in total. The smallest absolute Gasteiger partial charge is 0.339 e. The van der Waals surface area contributed by atoms with Gasteiger partial charge < -0.3 is 14.2 Å². The van der Waals surface area contributed by atoms with Gasteiger partial charge in [0, 0.05) is 12.0 Å². The number of hydrogen-bond donors (Lipinski definition) is 0. The summed E-state index contributed by atoms with van der Waals surface area (Å²) in [6.45, 7) is 2.39. The third-order valence-corrected chi connectivity index (χ3v) is 3.58. The van der Waals surface area contributed by atoms with Crippen molar-refractivity contribution in [1.82, 2.24) is 0 Å². The Morgan fingerprint density at radius 1 is 1.20 bits per heavy atom. The Hall–Kier alpha value is -1.85. The Kier molecular flexibility index (Phi) is 5.15. The third-order valence-electron chi connectivity index (χ3n) is 2.62. The standard InChI is InChI=1S/C15H16O4S/c1-3-18-15(16)13-8-9-20-14(13)11-4-6-12(7-5-11)19-10-17-2/h4-9H,3,10H2,1-2H3. The number of rotatable bonds is 6. The topological polar surface area (TPSA) is 44.8 Å². The minimum atomic E-state index is -0.288. The molecule has 0 bridgehead atoms. The fraction of sp³-hybridized carbons (Fsp3) is 0.267. The molecule has 20 heavy (non-hydrogen) atoms. The van der Waals surface area contributed by atoms with Crippen molar-refractivity contribution in [2.24, 2.45) is 0 Å². The first-order valence-corrected chi connectivity index (χ1v) is 7.11. The monoisotopic (exact) mass is 292 g/mol. The van der Waals surface area contributed by atoms with E-state index >= 15 is 0 Å². The first kappa shape index (κ1) is 14.6. The Bertz CT molecular complexity index is 560. The van der Waals surface area contributed by atoms with Gasteiger partial charge in [-0.2, -0.15) is 0 Å². The summed E-state index contributed by atoms with van der Waals surface area (Å²) >= 11 is 1.51. The summed E-state index contributed by atoms with van der Waals surface area (Å²) in [7, 11) is 1.58. The lowest BCUT2D eigenvalue weighted by molar-refractivity contribution is 0.0511. The second-order valence-electron chi connectivity index (χ2n) is 3.96. The maximum Gasteiger partial charge on any atom is 0.339 e. The van der Waals surface area contributed by atoms with Crippen molar-refractivity contribution in [2.45, 2.75) is 6.92 Å². The first-order chi connectivity index (χ1) is 9.76. The molecule has 5 heteroatoms. The highest BCUT2D eigenvalue weighted by Gasteiger charge is 2.15. The lowest BCUT2D eigenvalue weighted by atomic mass is 10.1. The van der Waals surface area contributed by atoms with Gasteiger partial charge in [0.05, 0.1) is 12.2 Å². The molecule has 0 aliphatic rings. The van der Waals surface area contributed by atoms with Gasteiger partial charge in [-0.1, -0.05) is 0 Å². The summed E-state index contributed by atoms with van der Waals surface area (Å²) in [4.78, 5) is 12.8. The molecule has 0 radical (unpaired) electrons. The van der Waals surface area contributed by atoms with Crippen LogP contribution in [-0.4, -0.2) is 26.5 Å². The molecule has 0 spiro atoms. The molecule has 0 atom stereocenters. The average Bonchev–Trinajstić information content (AvgIpc) is 2.95. The van der Waals surface area contributed by atoms with E-state index in [1.54, 1.807) is 20.1 Å². The van der Waals surface area contributed by atoms with Crippen LogP contribution in [-0.2, 0) is 9.47 Å². The van der Waals surface area contributed by atoms with E-state index in [4.69, 9.17) is 14.2 Å². The maximum atomic E-state index is 11.9. The fourth-order valence-corrected chi connectivity index (χ4v) is 2.62. The molecular formula is C15H16O4S. The summed E-state index contributed by atoms with van der Waals surface area (Å²) in [5, 5.41) is 1.89. The van der Waals surface area contributed by atoms with Gasteiger partial charge in [-0.05, 0) is 48.2 Å². The molecule has 1 heterocycles. The number of methoxy groups -OCH3 is 1. The van der Waals surface area contributed by atoms with Crippen molar-refractivity contribution < 1.29 is 19.0 Å². The molecule has 106 valence electrons. The molecule has 2 aromatic rings. The highest BCUT2D eigenvalue weighted by atomic mass is 32.1. The van der Waals surface area contributed by atoms with Crippen molar-refractivity contribution in [2.75, 3.05) is 20.5 Å². The molecule has 0 fully saturated rings. The summed E-state index contributed by atoms with van der Waals surface area (Å²) in [6, 6.07) is 9.32. The van der Waals surface area contributed by atoms with Gasteiger partial charge in [-0.3, -0.25) is 0 Å². The summed E-state index contributed by atoms with van der Waals surface area (Å²) in [6.07, 6.45) is 0. The number of hydrogen-bond acceptors (Lipinski definition) is 5. The lowest BCUT2D eigenvalue weighted by Crippen LogP contribution is -2.04. The quantitative estimate of drug-likeness (QED) is 0.603. The summed E-state index contributed by atoms with van der Waals surface area (Å²) in [5.74, 6) is 0.438. The van der Waals surface area contributed by atoms with E-state index in [1.807, 2.05) is 29.6 Å². The second kappa shape index (κ2) is 7.07. The molecule has 0 amide bonds. The van der Waals surface area contributed by atoms with E-state index in [0.29, 0.717) is 12.2 Å². The van der Waals surface area contributed by atoms with Crippen LogP contribution in [0.3, 0.4) is 0 Å². The predicted molar refractivity (Wildman–Crippen MR) is 78.2 cm³/mol. The van der Waals surface area contributed by atoms with Crippen LogP contribution in [0, 0.1) is 0 Å². The van der Waals surface area contributed by atoms with Crippen LogP contribution in [0.25, 0.3) is 10.4 Å². The molecule has 0 aliphatic carbocycles. The van der Waals surface area contributed by atoms with Crippen LogP contribution < -0.4 is 4.74 Å². The van der Waals surface area contributed by atoms with Crippen LogP contribution >= 0.6 is 11.3 Å². The molecule has 1 aromatic heterocycles. The first-order valence-electron chi connectivity index (χ1n) is 6.23. The Labute approximate surface area is 121 Å². The van der Waals surface area contributed by atoms with E-state index in [-0.39, 0.29) is 12.8 Å². The zero-order valence-corrected chi connectivity index (χ0v) is 12.2. The van der Waals surface area contributed by atoms with Crippen LogP contribution in [0.2, 0.25) is 0 Å². The third kappa shape index (κ3) is 3.37. The molecule has 0 saturated carbocycles. The normalized spacial score (nSPS) is 10.3. The van der Waals surface area contributed by atoms with Gasteiger partial charge in [0.15, 0.2) is 6.79 Å². The van der Waals surface area contributed by atoms with Crippen LogP contribution in [0.4, 0.5) is 0 Å². The number of thiophene rings is 1. The number of esters is 1. The zero-order valence-electron chi connectivity index (χ0n) is 11.4. The number of ether oxygens (including phenoxy) is 3. The van der Waals surface area contributed by atoms with E-state index < -0.39 is 0 Å². The number of benzene rings is 1. The Balaban J connectivity index is 2.19. The van der Waals surface area contributed by atoms with Crippen LogP contribution in [0.1, 0.15) is 17.3 Å². The lowest BCUT2D eigenvalue weighted by Gasteiger charge is -2.06.